The molecule has 0 amide bonds. The van der Waals surface area contributed by atoms with Crippen molar-refractivity contribution >= 4 is 39.3 Å². The number of aliphatic hydroxyl groups is 1. The third-order valence-electron chi connectivity index (χ3n) is 2.49. The summed E-state index contributed by atoms with van der Waals surface area (Å²) >= 11 is 11.3. The second-order valence-electron chi connectivity index (χ2n) is 3.90. The number of halogens is 2. The number of hydrogen-bond acceptors (Lipinski definition) is 2. The number of benzene rings is 2. The van der Waals surface area contributed by atoms with Gasteiger partial charge >= 0.3 is 0 Å². The van der Waals surface area contributed by atoms with Crippen LogP contribution in [0.4, 0.5) is 0 Å². The zero-order valence-electron chi connectivity index (χ0n) is 9.73. The molecule has 0 aliphatic heterocycles. The van der Waals surface area contributed by atoms with Crippen LogP contribution in [0.5, 0.6) is 0 Å². The van der Waals surface area contributed by atoms with Crippen molar-refractivity contribution in [3.63, 3.8) is 0 Å². The van der Waals surface area contributed by atoms with Crippen LogP contribution in [0.25, 0.3) is 0 Å². The maximum absolute atomic E-state index is 9.50. The van der Waals surface area contributed by atoms with E-state index in [-0.39, 0.29) is 0 Å². The average molecular weight is 344 g/mol. The lowest BCUT2D eigenvalue weighted by Gasteiger charge is -2.09. The van der Waals surface area contributed by atoms with Crippen LogP contribution in [0.3, 0.4) is 0 Å². The maximum atomic E-state index is 9.50. The smallest absolute Gasteiger partial charge is 0.0762 e. The highest BCUT2D eigenvalue weighted by molar-refractivity contribution is 9.10. The van der Waals surface area contributed by atoms with Crippen LogP contribution in [0, 0.1) is 0 Å². The molecule has 0 fully saturated rings. The highest BCUT2D eigenvalue weighted by atomic mass is 79.9. The minimum Gasteiger partial charge on any atom is -0.389 e. The summed E-state index contributed by atoms with van der Waals surface area (Å²) in [4.78, 5) is 2.09. The van der Waals surface area contributed by atoms with Gasteiger partial charge in [-0.15, -0.1) is 0 Å². The van der Waals surface area contributed by atoms with Gasteiger partial charge in [0.2, 0.25) is 0 Å². The first-order valence-corrected chi connectivity index (χ1v) is 7.46. The van der Waals surface area contributed by atoms with Gasteiger partial charge in [-0.1, -0.05) is 41.6 Å². The summed E-state index contributed by atoms with van der Waals surface area (Å²) in [5.41, 5.74) is 0.830. The van der Waals surface area contributed by atoms with Crippen LogP contribution >= 0.6 is 39.3 Å². The Hall–Kier alpha value is -0.480. The summed E-state index contributed by atoms with van der Waals surface area (Å²) in [6.07, 6.45) is -0.495. The predicted octanol–water partition coefficient (Wildman–Crippen LogP) is 5.31. The molecule has 1 atom stereocenters. The van der Waals surface area contributed by atoms with E-state index in [4.69, 9.17) is 11.6 Å². The second kappa shape index (κ2) is 6.11. The Balaban J connectivity index is 2.28. The molecule has 2 aromatic carbocycles. The van der Waals surface area contributed by atoms with Crippen molar-refractivity contribution < 1.29 is 5.11 Å². The average Bonchev–Trinajstić information content (AvgIpc) is 2.34. The molecule has 1 nitrogen and oxygen atoms in total. The molecule has 0 bridgehead atoms. The Labute approximate surface area is 124 Å². The molecule has 18 heavy (non-hydrogen) atoms. The summed E-state index contributed by atoms with van der Waals surface area (Å²) in [6, 6.07) is 13.7. The van der Waals surface area contributed by atoms with Gasteiger partial charge in [-0.2, -0.15) is 0 Å². The first-order valence-electron chi connectivity index (χ1n) is 5.48. The first-order chi connectivity index (χ1) is 8.58. The fourth-order valence-electron chi connectivity index (χ4n) is 1.51. The summed E-state index contributed by atoms with van der Waals surface area (Å²) in [5.74, 6) is 0. The highest BCUT2D eigenvalue weighted by Crippen LogP contribution is 2.37. The minimum atomic E-state index is -0.495. The van der Waals surface area contributed by atoms with Gasteiger partial charge in [0.05, 0.1) is 11.1 Å². The lowest BCUT2D eigenvalue weighted by molar-refractivity contribution is 0.199. The minimum absolute atomic E-state index is 0.495. The van der Waals surface area contributed by atoms with E-state index >= 15 is 0 Å². The molecule has 1 N–H and O–H groups in total. The Bertz CT molecular complexity index is 557. The molecule has 0 radical (unpaired) electrons. The molecule has 0 unspecified atom stereocenters. The Kier molecular flexibility index (Phi) is 4.73. The van der Waals surface area contributed by atoms with Crippen LogP contribution in [-0.2, 0) is 0 Å². The molecule has 0 aliphatic carbocycles. The molecule has 4 heteroatoms. The first kappa shape index (κ1) is 13.9. The maximum Gasteiger partial charge on any atom is 0.0762 e. The standard InChI is InChI=1S/C14H12BrClOS/c1-9(17)10-6-7-14(12(16)8-10)18-13-5-3-2-4-11(13)15/h2-9,17H,1H3/t9-/m1/s1. The molecule has 2 rings (SSSR count). The summed E-state index contributed by atoms with van der Waals surface area (Å²) in [7, 11) is 0. The van der Waals surface area contributed by atoms with Crippen molar-refractivity contribution in [1.82, 2.24) is 0 Å². The summed E-state index contributed by atoms with van der Waals surface area (Å²) in [5, 5.41) is 10.2. The molecule has 94 valence electrons. The van der Waals surface area contributed by atoms with Crippen molar-refractivity contribution in [3.05, 3.63) is 57.5 Å². The predicted molar refractivity (Wildman–Crippen MR) is 80.4 cm³/mol. The van der Waals surface area contributed by atoms with E-state index in [2.05, 4.69) is 15.9 Å². The van der Waals surface area contributed by atoms with E-state index < -0.39 is 6.10 Å². The SMILES string of the molecule is C[C@@H](O)c1ccc(Sc2ccccc2Br)c(Cl)c1. The number of hydrogen-bond donors (Lipinski definition) is 1. The number of rotatable bonds is 3. The molecular weight excluding hydrogens is 332 g/mol. The van der Waals surface area contributed by atoms with Crippen molar-refractivity contribution in [3.8, 4) is 0 Å². The third kappa shape index (κ3) is 3.29. The topological polar surface area (TPSA) is 20.2 Å². The normalized spacial score (nSPS) is 12.4. The lowest BCUT2D eigenvalue weighted by atomic mass is 10.1. The quantitative estimate of drug-likeness (QED) is 0.815. The third-order valence-corrected chi connectivity index (χ3v) is 5.03. The fraction of sp³-hybridized carbons (Fsp3) is 0.143. The highest BCUT2D eigenvalue weighted by Gasteiger charge is 2.08. The van der Waals surface area contributed by atoms with Crippen LogP contribution < -0.4 is 0 Å². The van der Waals surface area contributed by atoms with Gasteiger partial charge in [-0.3, -0.25) is 0 Å². The molecule has 0 spiro atoms. The van der Waals surface area contributed by atoms with E-state index in [1.54, 1.807) is 18.7 Å². The van der Waals surface area contributed by atoms with Gasteiger partial charge in [-0.25, -0.2) is 0 Å². The van der Waals surface area contributed by atoms with Gasteiger partial charge in [0, 0.05) is 14.3 Å². The van der Waals surface area contributed by atoms with Gasteiger partial charge in [-0.05, 0) is 52.7 Å². The zero-order valence-corrected chi connectivity index (χ0v) is 12.9. The molecule has 0 aliphatic rings. The van der Waals surface area contributed by atoms with Gasteiger partial charge in [0.1, 0.15) is 0 Å². The van der Waals surface area contributed by atoms with E-state index in [0.717, 1.165) is 19.8 Å². The Morgan fingerprint density at radius 2 is 1.89 bits per heavy atom. The molecule has 0 heterocycles. The van der Waals surface area contributed by atoms with Crippen LogP contribution in [0.1, 0.15) is 18.6 Å². The van der Waals surface area contributed by atoms with E-state index in [1.165, 1.54) is 0 Å². The van der Waals surface area contributed by atoms with Gasteiger partial charge < -0.3 is 5.11 Å². The molecular formula is C14H12BrClOS. The van der Waals surface area contributed by atoms with Crippen LogP contribution in [0.15, 0.2) is 56.7 Å². The molecule has 2 aromatic rings. The van der Waals surface area contributed by atoms with Crippen molar-refractivity contribution in [2.45, 2.75) is 22.8 Å². The van der Waals surface area contributed by atoms with Crippen molar-refractivity contribution in [2.24, 2.45) is 0 Å². The van der Waals surface area contributed by atoms with E-state index in [1.807, 2.05) is 42.5 Å². The summed E-state index contributed by atoms with van der Waals surface area (Å²) in [6.45, 7) is 1.73. The van der Waals surface area contributed by atoms with Crippen molar-refractivity contribution in [2.75, 3.05) is 0 Å². The van der Waals surface area contributed by atoms with Crippen molar-refractivity contribution in [1.29, 1.82) is 0 Å². The summed E-state index contributed by atoms with van der Waals surface area (Å²) < 4.78 is 1.05. The van der Waals surface area contributed by atoms with Crippen LogP contribution in [0.2, 0.25) is 5.02 Å². The van der Waals surface area contributed by atoms with Gasteiger partial charge in [0.25, 0.3) is 0 Å². The largest absolute Gasteiger partial charge is 0.389 e. The second-order valence-corrected chi connectivity index (χ2v) is 6.24. The molecule has 0 aromatic heterocycles. The fourth-order valence-corrected chi connectivity index (χ4v) is 3.18. The zero-order chi connectivity index (χ0) is 13.1. The monoisotopic (exact) mass is 342 g/mol. The van der Waals surface area contributed by atoms with Crippen LogP contribution in [-0.4, -0.2) is 5.11 Å². The molecule has 0 saturated carbocycles. The molecule has 0 saturated heterocycles. The van der Waals surface area contributed by atoms with E-state index in [9.17, 15) is 5.11 Å². The van der Waals surface area contributed by atoms with E-state index in [0.29, 0.717) is 5.02 Å². The number of aliphatic hydroxyl groups excluding tert-OH is 1. The van der Waals surface area contributed by atoms with Gasteiger partial charge in [0.15, 0.2) is 0 Å². The Morgan fingerprint density at radius 3 is 2.50 bits per heavy atom. The lowest BCUT2D eigenvalue weighted by Crippen LogP contribution is -1.90. The Morgan fingerprint density at radius 1 is 1.17 bits per heavy atom.